The van der Waals surface area contributed by atoms with E-state index in [2.05, 4.69) is 4.98 Å². The second kappa shape index (κ2) is 7.70. The van der Waals surface area contributed by atoms with Crippen LogP contribution in [0.5, 0.6) is 5.75 Å². The molecule has 24 heavy (non-hydrogen) atoms. The van der Waals surface area contributed by atoms with Crippen molar-refractivity contribution in [2.75, 3.05) is 19.8 Å². The van der Waals surface area contributed by atoms with Gasteiger partial charge in [-0.1, -0.05) is 12.1 Å². The molecule has 0 aliphatic heterocycles. The van der Waals surface area contributed by atoms with Gasteiger partial charge in [-0.05, 0) is 36.4 Å². The van der Waals surface area contributed by atoms with Crippen molar-refractivity contribution < 1.29 is 13.9 Å². The van der Waals surface area contributed by atoms with Gasteiger partial charge in [0.05, 0.1) is 37.0 Å². The van der Waals surface area contributed by atoms with Crippen LogP contribution in [-0.2, 0) is 11.3 Å². The Morgan fingerprint density at radius 2 is 1.79 bits per heavy atom. The van der Waals surface area contributed by atoms with Gasteiger partial charge in [-0.15, -0.1) is 0 Å². The highest BCUT2D eigenvalue weighted by Crippen LogP contribution is 2.10. The Hall–Kier alpha value is -2.73. The second-order valence-corrected chi connectivity index (χ2v) is 5.18. The third-order valence-electron chi connectivity index (χ3n) is 3.52. The molecule has 0 saturated heterocycles. The van der Waals surface area contributed by atoms with Gasteiger partial charge >= 0.3 is 0 Å². The quantitative estimate of drug-likeness (QED) is 0.626. The third kappa shape index (κ3) is 3.97. The van der Waals surface area contributed by atoms with Gasteiger partial charge in [-0.25, -0.2) is 9.37 Å². The highest BCUT2D eigenvalue weighted by molar-refractivity contribution is 5.76. The highest BCUT2D eigenvalue weighted by atomic mass is 19.1. The van der Waals surface area contributed by atoms with Crippen LogP contribution in [0, 0.1) is 5.82 Å². The van der Waals surface area contributed by atoms with Crippen molar-refractivity contribution in [1.29, 1.82) is 0 Å². The lowest BCUT2D eigenvalue weighted by Crippen LogP contribution is -2.23. The maximum Gasteiger partial charge on any atom is 0.261 e. The number of fused-ring (bicyclic) bond motifs is 1. The molecule has 0 saturated carbocycles. The molecule has 0 unspecified atom stereocenters. The van der Waals surface area contributed by atoms with E-state index in [9.17, 15) is 9.18 Å². The van der Waals surface area contributed by atoms with E-state index in [1.165, 1.54) is 23.0 Å². The first-order chi connectivity index (χ1) is 11.7. The Bertz CT molecular complexity index is 862. The van der Waals surface area contributed by atoms with Crippen molar-refractivity contribution in [3.8, 4) is 5.75 Å². The van der Waals surface area contributed by atoms with E-state index >= 15 is 0 Å². The van der Waals surface area contributed by atoms with Gasteiger partial charge in [-0.2, -0.15) is 0 Å². The summed E-state index contributed by atoms with van der Waals surface area (Å²) in [5.41, 5.74) is 0.610. The van der Waals surface area contributed by atoms with Crippen LogP contribution in [0.15, 0.2) is 59.7 Å². The van der Waals surface area contributed by atoms with Crippen LogP contribution in [0.4, 0.5) is 4.39 Å². The van der Waals surface area contributed by atoms with E-state index in [0.717, 1.165) is 0 Å². The van der Waals surface area contributed by atoms with E-state index in [-0.39, 0.29) is 11.4 Å². The first-order valence-corrected chi connectivity index (χ1v) is 7.64. The lowest BCUT2D eigenvalue weighted by Gasteiger charge is -2.09. The molecule has 6 heteroatoms. The molecule has 3 rings (SSSR count). The number of nitrogens with zero attached hydrogens (tertiary/aromatic N) is 2. The fraction of sp³-hybridized carbons (Fsp3) is 0.222. The molecule has 0 atom stereocenters. The van der Waals surface area contributed by atoms with Gasteiger partial charge in [-0.3, -0.25) is 9.36 Å². The summed E-state index contributed by atoms with van der Waals surface area (Å²) >= 11 is 0. The van der Waals surface area contributed by atoms with Crippen LogP contribution in [0.1, 0.15) is 0 Å². The van der Waals surface area contributed by atoms with Crippen LogP contribution in [0.2, 0.25) is 0 Å². The summed E-state index contributed by atoms with van der Waals surface area (Å²) in [5.74, 6) is 0.294. The Labute approximate surface area is 138 Å². The molecule has 3 aromatic rings. The molecule has 0 fully saturated rings. The Kier molecular flexibility index (Phi) is 5.18. The van der Waals surface area contributed by atoms with Gasteiger partial charge in [0.15, 0.2) is 0 Å². The van der Waals surface area contributed by atoms with Gasteiger partial charge in [0.2, 0.25) is 0 Å². The summed E-state index contributed by atoms with van der Waals surface area (Å²) in [7, 11) is 0. The number of benzene rings is 2. The topological polar surface area (TPSA) is 53.4 Å². The van der Waals surface area contributed by atoms with Crippen molar-refractivity contribution in [2.45, 2.75) is 6.54 Å². The molecule has 0 radical (unpaired) electrons. The number of hydrogen-bond donors (Lipinski definition) is 0. The largest absolute Gasteiger partial charge is 0.491 e. The molecule has 124 valence electrons. The molecule has 1 heterocycles. The normalized spacial score (nSPS) is 10.9. The molecule has 0 spiro atoms. The summed E-state index contributed by atoms with van der Waals surface area (Å²) in [6, 6.07) is 13.1. The van der Waals surface area contributed by atoms with Gasteiger partial charge in [0.25, 0.3) is 5.56 Å². The van der Waals surface area contributed by atoms with Gasteiger partial charge < -0.3 is 9.47 Å². The zero-order valence-corrected chi connectivity index (χ0v) is 13.0. The Balaban J connectivity index is 1.44. The van der Waals surface area contributed by atoms with Crippen LogP contribution < -0.4 is 10.3 Å². The summed E-state index contributed by atoms with van der Waals surface area (Å²) < 4.78 is 25.2. The molecule has 5 nitrogen and oxygen atoms in total. The molecule has 2 aromatic carbocycles. The van der Waals surface area contributed by atoms with Crippen LogP contribution in [0.25, 0.3) is 10.9 Å². The molecule has 0 aliphatic carbocycles. The standard InChI is InChI=1S/C18H17FN2O3/c19-14-5-7-15(8-6-14)24-12-11-23-10-9-21-13-20-17-4-2-1-3-16(17)18(21)22/h1-8,13H,9-12H2. The molecule has 0 N–H and O–H groups in total. The van der Waals surface area contributed by atoms with E-state index in [4.69, 9.17) is 9.47 Å². The lowest BCUT2D eigenvalue weighted by molar-refractivity contribution is 0.0938. The number of halogens is 1. The minimum atomic E-state index is -0.298. The van der Waals surface area contributed by atoms with Crippen molar-refractivity contribution in [3.05, 3.63) is 71.0 Å². The predicted octanol–water partition coefficient (Wildman–Crippen LogP) is 2.63. The fourth-order valence-corrected chi connectivity index (χ4v) is 2.28. The third-order valence-corrected chi connectivity index (χ3v) is 3.52. The van der Waals surface area contributed by atoms with E-state index < -0.39 is 0 Å². The van der Waals surface area contributed by atoms with Crippen LogP contribution in [-0.4, -0.2) is 29.4 Å². The summed E-state index contributed by atoms with van der Waals surface area (Å²) in [6.45, 7) is 1.55. The average Bonchev–Trinajstić information content (AvgIpc) is 2.61. The number of ether oxygens (including phenoxy) is 2. The summed E-state index contributed by atoms with van der Waals surface area (Å²) in [4.78, 5) is 16.5. The minimum Gasteiger partial charge on any atom is -0.491 e. The highest BCUT2D eigenvalue weighted by Gasteiger charge is 2.03. The first-order valence-electron chi connectivity index (χ1n) is 7.64. The maximum absolute atomic E-state index is 12.8. The first kappa shape index (κ1) is 16.1. The molecule has 0 amide bonds. The summed E-state index contributed by atoms with van der Waals surface area (Å²) in [5, 5.41) is 0.597. The Morgan fingerprint density at radius 3 is 2.62 bits per heavy atom. The van der Waals surface area contributed by atoms with Crippen molar-refractivity contribution >= 4 is 10.9 Å². The van der Waals surface area contributed by atoms with E-state index in [0.29, 0.717) is 43.0 Å². The minimum absolute atomic E-state index is 0.0771. The molecule has 1 aromatic heterocycles. The monoisotopic (exact) mass is 328 g/mol. The zero-order chi connectivity index (χ0) is 16.8. The molecular weight excluding hydrogens is 311 g/mol. The number of rotatable bonds is 7. The molecular formula is C18H17FN2O3. The number of para-hydroxylation sites is 1. The smallest absolute Gasteiger partial charge is 0.261 e. The maximum atomic E-state index is 12.8. The average molecular weight is 328 g/mol. The molecule has 0 aliphatic rings. The zero-order valence-electron chi connectivity index (χ0n) is 13.0. The lowest BCUT2D eigenvalue weighted by atomic mass is 10.2. The molecule has 0 bridgehead atoms. The fourth-order valence-electron chi connectivity index (χ4n) is 2.28. The number of aromatic nitrogens is 2. The van der Waals surface area contributed by atoms with E-state index in [1.54, 1.807) is 18.2 Å². The Morgan fingerprint density at radius 1 is 1.00 bits per heavy atom. The van der Waals surface area contributed by atoms with Gasteiger partial charge in [0, 0.05) is 0 Å². The number of hydrogen-bond acceptors (Lipinski definition) is 4. The van der Waals surface area contributed by atoms with Crippen molar-refractivity contribution in [3.63, 3.8) is 0 Å². The van der Waals surface area contributed by atoms with Crippen LogP contribution >= 0.6 is 0 Å². The van der Waals surface area contributed by atoms with Crippen LogP contribution in [0.3, 0.4) is 0 Å². The second-order valence-electron chi connectivity index (χ2n) is 5.18. The van der Waals surface area contributed by atoms with Crippen molar-refractivity contribution in [1.82, 2.24) is 9.55 Å². The SMILES string of the molecule is O=c1c2ccccc2ncn1CCOCCOc1ccc(F)cc1. The van der Waals surface area contributed by atoms with E-state index in [1.807, 2.05) is 18.2 Å². The summed E-state index contributed by atoms with van der Waals surface area (Å²) in [6.07, 6.45) is 1.53. The van der Waals surface area contributed by atoms with Crippen molar-refractivity contribution in [2.24, 2.45) is 0 Å². The van der Waals surface area contributed by atoms with Gasteiger partial charge in [0.1, 0.15) is 18.2 Å². The predicted molar refractivity (Wildman–Crippen MR) is 88.7 cm³/mol.